The molecule has 0 spiro atoms. The van der Waals surface area contributed by atoms with Crippen LogP contribution in [0, 0.1) is 0 Å². The number of aromatic nitrogens is 1. The van der Waals surface area contributed by atoms with E-state index < -0.39 is 0 Å². The van der Waals surface area contributed by atoms with E-state index in [2.05, 4.69) is 38.1 Å². The molecule has 0 aliphatic heterocycles. The summed E-state index contributed by atoms with van der Waals surface area (Å²) in [6, 6.07) is 8.47. The average molecular weight is 233 g/mol. The molecule has 0 saturated carbocycles. The fraction of sp³-hybridized carbons (Fsp3) is 0.308. The quantitative estimate of drug-likeness (QED) is 0.798. The Morgan fingerprint density at radius 3 is 2.44 bits per heavy atom. The zero-order valence-corrected chi connectivity index (χ0v) is 10.3. The first kappa shape index (κ1) is 11.1. The van der Waals surface area contributed by atoms with Gasteiger partial charge in [-0.05, 0) is 17.0 Å². The van der Waals surface area contributed by atoms with E-state index in [1.165, 1.54) is 22.5 Å². The van der Waals surface area contributed by atoms with Crippen molar-refractivity contribution in [2.45, 2.75) is 26.3 Å². The van der Waals surface area contributed by atoms with E-state index >= 15 is 0 Å². The van der Waals surface area contributed by atoms with Crippen LogP contribution in [0.1, 0.15) is 30.9 Å². The maximum atomic E-state index is 11.4. The Labute approximate surface area is 99.2 Å². The molecule has 0 N–H and O–H groups in total. The van der Waals surface area contributed by atoms with Gasteiger partial charge >= 0.3 is 4.87 Å². The van der Waals surface area contributed by atoms with Gasteiger partial charge in [0.2, 0.25) is 0 Å². The molecule has 1 aromatic heterocycles. The lowest BCUT2D eigenvalue weighted by molar-refractivity contribution is 0.781. The summed E-state index contributed by atoms with van der Waals surface area (Å²) in [4.78, 5) is 11.5. The maximum Gasteiger partial charge on any atom is 0.307 e. The molecular formula is C13H15NOS. The lowest BCUT2D eigenvalue weighted by Crippen LogP contribution is -2.12. The van der Waals surface area contributed by atoms with Crippen molar-refractivity contribution in [3.63, 3.8) is 0 Å². The standard InChI is InChI=1S/C13H15NOS/c1-10(2)12-5-3-11(4-6-12)9-14-7-8-16-13(14)15/h3-8,10H,9H2,1-2H3. The minimum Gasteiger partial charge on any atom is -0.302 e. The molecule has 0 aliphatic rings. The third-order valence-electron chi connectivity index (χ3n) is 2.64. The number of hydrogen-bond acceptors (Lipinski definition) is 2. The van der Waals surface area contributed by atoms with Crippen molar-refractivity contribution in [1.82, 2.24) is 4.57 Å². The Balaban J connectivity index is 2.17. The van der Waals surface area contributed by atoms with Gasteiger partial charge in [0.25, 0.3) is 0 Å². The summed E-state index contributed by atoms with van der Waals surface area (Å²) in [7, 11) is 0. The molecule has 1 heterocycles. The lowest BCUT2D eigenvalue weighted by Gasteiger charge is -2.07. The second-order valence-corrected chi connectivity index (χ2v) is 5.05. The number of thiazole rings is 1. The average Bonchev–Trinajstić information content (AvgIpc) is 2.65. The van der Waals surface area contributed by atoms with Crippen molar-refractivity contribution in [1.29, 1.82) is 0 Å². The van der Waals surface area contributed by atoms with Crippen molar-refractivity contribution in [3.8, 4) is 0 Å². The highest BCUT2D eigenvalue weighted by atomic mass is 32.1. The zero-order valence-electron chi connectivity index (χ0n) is 9.51. The van der Waals surface area contributed by atoms with Crippen molar-refractivity contribution in [3.05, 3.63) is 56.6 Å². The number of benzene rings is 1. The Morgan fingerprint density at radius 2 is 1.94 bits per heavy atom. The predicted molar refractivity (Wildman–Crippen MR) is 68.2 cm³/mol. The van der Waals surface area contributed by atoms with Crippen LogP contribution >= 0.6 is 11.3 Å². The smallest absolute Gasteiger partial charge is 0.302 e. The Morgan fingerprint density at radius 1 is 1.25 bits per heavy atom. The van der Waals surface area contributed by atoms with Crippen LogP contribution in [0.4, 0.5) is 0 Å². The van der Waals surface area contributed by atoms with E-state index in [1.807, 2.05) is 11.6 Å². The van der Waals surface area contributed by atoms with E-state index in [9.17, 15) is 4.79 Å². The molecule has 0 radical (unpaired) electrons. The van der Waals surface area contributed by atoms with Crippen LogP contribution in [0.3, 0.4) is 0 Å². The van der Waals surface area contributed by atoms with Gasteiger partial charge in [-0.25, -0.2) is 0 Å². The molecular weight excluding hydrogens is 218 g/mol. The summed E-state index contributed by atoms with van der Waals surface area (Å²) in [6.07, 6.45) is 1.84. The van der Waals surface area contributed by atoms with Gasteiger partial charge < -0.3 is 4.57 Å². The van der Waals surface area contributed by atoms with E-state index in [1.54, 1.807) is 4.57 Å². The highest BCUT2D eigenvalue weighted by Crippen LogP contribution is 2.15. The summed E-state index contributed by atoms with van der Waals surface area (Å²) in [6.45, 7) is 5.03. The zero-order chi connectivity index (χ0) is 11.5. The van der Waals surface area contributed by atoms with Crippen LogP contribution < -0.4 is 4.87 Å². The number of nitrogens with zero attached hydrogens (tertiary/aromatic N) is 1. The first-order valence-corrected chi connectivity index (χ1v) is 6.27. The van der Waals surface area contributed by atoms with Gasteiger partial charge in [-0.3, -0.25) is 4.79 Å². The Bertz CT molecular complexity index is 507. The molecule has 0 atom stereocenters. The van der Waals surface area contributed by atoms with Crippen molar-refractivity contribution < 1.29 is 0 Å². The summed E-state index contributed by atoms with van der Waals surface area (Å²) in [5.74, 6) is 0.554. The summed E-state index contributed by atoms with van der Waals surface area (Å²) < 4.78 is 1.73. The molecule has 16 heavy (non-hydrogen) atoms. The Hall–Kier alpha value is -1.35. The van der Waals surface area contributed by atoms with Crippen LogP contribution in [-0.2, 0) is 6.54 Å². The monoisotopic (exact) mass is 233 g/mol. The topological polar surface area (TPSA) is 22.0 Å². The van der Waals surface area contributed by atoms with Gasteiger partial charge in [0.15, 0.2) is 0 Å². The molecule has 2 rings (SSSR count). The third-order valence-corrected chi connectivity index (χ3v) is 3.34. The van der Waals surface area contributed by atoms with Gasteiger partial charge in [-0.15, -0.1) is 0 Å². The second-order valence-electron chi connectivity index (χ2n) is 4.19. The number of rotatable bonds is 3. The molecule has 0 bridgehead atoms. The predicted octanol–water partition coefficient (Wildman–Crippen LogP) is 3.08. The maximum absolute atomic E-state index is 11.4. The third kappa shape index (κ3) is 2.42. The van der Waals surface area contributed by atoms with Gasteiger partial charge in [0.05, 0.1) is 6.54 Å². The first-order chi connectivity index (χ1) is 7.66. The van der Waals surface area contributed by atoms with Crippen molar-refractivity contribution in [2.75, 3.05) is 0 Å². The van der Waals surface area contributed by atoms with Gasteiger partial charge in [-0.1, -0.05) is 49.4 Å². The largest absolute Gasteiger partial charge is 0.307 e. The van der Waals surface area contributed by atoms with E-state index in [-0.39, 0.29) is 4.87 Å². The summed E-state index contributed by atoms with van der Waals surface area (Å²) in [5.41, 5.74) is 2.51. The minimum atomic E-state index is 0.105. The molecule has 84 valence electrons. The molecule has 0 amide bonds. The Kier molecular flexibility index (Phi) is 3.25. The van der Waals surface area contributed by atoms with Gasteiger partial charge in [0, 0.05) is 11.6 Å². The van der Waals surface area contributed by atoms with Crippen LogP contribution in [0.25, 0.3) is 0 Å². The molecule has 0 unspecified atom stereocenters. The van der Waals surface area contributed by atoms with Gasteiger partial charge in [-0.2, -0.15) is 0 Å². The molecule has 2 aromatic rings. The lowest BCUT2D eigenvalue weighted by atomic mass is 10.0. The fourth-order valence-corrected chi connectivity index (χ4v) is 2.20. The van der Waals surface area contributed by atoms with E-state index in [0.29, 0.717) is 12.5 Å². The molecule has 3 heteroatoms. The van der Waals surface area contributed by atoms with Crippen LogP contribution in [0.2, 0.25) is 0 Å². The van der Waals surface area contributed by atoms with Crippen LogP contribution in [0.5, 0.6) is 0 Å². The first-order valence-electron chi connectivity index (χ1n) is 5.39. The molecule has 0 aliphatic carbocycles. The van der Waals surface area contributed by atoms with Crippen molar-refractivity contribution >= 4 is 11.3 Å². The normalized spacial score (nSPS) is 10.9. The molecule has 2 nitrogen and oxygen atoms in total. The SMILES string of the molecule is CC(C)c1ccc(Cn2ccsc2=O)cc1. The molecule has 0 saturated heterocycles. The summed E-state index contributed by atoms with van der Waals surface area (Å²) >= 11 is 1.24. The minimum absolute atomic E-state index is 0.105. The molecule has 0 fully saturated rings. The fourth-order valence-electron chi connectivity index (χ4n) is 1.61. The van der Waals surface area contributed by atoms with E-state index in [4.69, 9.17) is 0 Å². The van der Waals surface area contributed by atoms with Gasteiger partial charge in [0.1, 0.15) is 0 Å². The summed E-state index contributed by atoms with van der Waals surface area (Å²) in [5, 5.41) is 1.82. The van der Waals surface area contributed by atoms with Crippen LogP contribution in [-0.4, -0.2) is 4.57 Å². The highest BCUT2D eigenvalue weighted by Gasteiger charge is 2.01. The highest BCUT2D eigenvalue weighted by molar-refractivity contribution is 7.07. The van der Waals surface area contributed by atoms with E-state index in [0.717, 1.165) is 0 Å². The van der Waals surface area contributed by atoms with Crippen LogP contribution in [0.15, 0.2) is 40.6 Å². The number of hydrogen-bond donors (Lipinski definition) is 0. The second kappa shape index (κ2) is 4.66. The molecule has 1 aromatic carbocycles. The van der Waals surface area contributed by atoms with Crippen molar-refractivity contribution in [2.24, 2.45) is 0 Å².